The number of hydrogen-bond donors (Lipinski definition) is 0. The van der Waals surface area contributed by atoms with Crippen molar-refractivity contribution >= 4 is 6.16 Å². The smallest absolute Gasteiger partial charge is 0.435 e. The van der Waals surface area contributed by atoms with Crippen molar-refractivity contribution in [3.05, 3.63) is 60.2 Å². The van der Waals surface area contributed by atoms with Crippen LogP contribution >= 0.6 is 0 Å². The summed E-state index contributed by atoms with van der Waals surface area (Å²) < 4.78 is 9.63. The van der Waals surface area contributed by atoms with Crippen molar-refractivity contribution in [3.8, 4) is 17.2 Å². The molecular weight excluding hydrogens is 266 g/mol. The van der Waals surface area contributed by atoms with Crippen LogP contribution in [0.15, 0.2) is 54.6 Å². The van der Waals surface area contributed by atoms with Gasteiger partial charge >= 0.3 is 6.16 Å². The lowest BCUT2D eigenvalue weighted by Gasteiger charge is -2.11. The zero-order valence-corrected chi connectivity index (χ0v) is 11.7. The van der Waals surface area contributed by atoms with E-state index >= 15 is 0 Å². The molecule has 106 valence electrons. The van der Waals surface area contributed by atoms with Gasteiger partial charge in [0.25, 0.3) is 0 Å². The summed E-state index contributed by atoms with van der Waals surface area (Å²) in [5.74, 6) is 0. The Morgan fingerprint density at radius 1 is 1.10 bits per heavy atom. The van der Waals surface area contributed by atoms with E-state index in [-0.39, 0.29) is 6.61 Å². The number of nitriles is 1. The molecule has 0 amide bonds. The fraction of sp³-hybridized carbons (Fsp3) is 0.176. The fourth-order valence-corrected chi connectivity index (χ4v) is 1.90. The third-order valence-corrected chi connectivity index (χ3v) is 2.91. The first-order valence-corrected chi connectivity index (χ1v) is 6.63. The number of nitrogens with zero attached hydrogens (tertiary/aromatic N) is 1. The fourth-order valence-electron chi connectivity index (χ4n) is 1.90. The number of carbonyl (C=O) groups excluding carboxylic acids is 1. The lowest BCUT2D eigenvalue weighted by molar-refractivity contribution is 0.0421. The Morgan fingerprint density at radius 3 is 2.29 bits per heavy atom. The van der Waals surface area contributed by atoms with E-state index in [1.54, 1.807) is 19.1 Å². The SMILES string of the molecule is CCOC(=O)OC(C#N)c1ccc(-c2ccccc2)cc1. The summed E-state index contributed by atoms with van der Waals surface area (Å²) in [5, 5.41) is 9.10. The van der Waals surface area contributed by atoms with E-state index in [0.717, 1.165) is 11.1 Å². The molecule has 0 heterocycles. The van der Waals surface area contributed by atoms with Crippen LogP contribution in [-0.2, 0) is 9.47 Å². The van der Waals surface area contributed by atoms with Gasteiger partial charge in [0.1, 0.15) is 6.07 Å². The van der Waals surface area contributed by atoms with Crippen molar-refractivity contribution in [2.75, 3.05) is 6.61 Å². The van der Waals surface area contributed by atoms with Crippen molar-refractivity contribution in [2.45, 2.75) is 13.0 Å². The monoisotopic (exact) mass is 281 g/mol. The molecule has 0 aliphatic heterocycles. The van der Waals surface area contributed by atoms with Crippen LogP contribution in [0.4, 0.5) is 4.79 Å². The summed E-state index contributed by atoms with van der Waals surface area (Å²) in [6.45, 7) is 1.89. The topological polar surface area (TPSA) is 59.3 Å². The van der Waals surface area contributed by atoms with Crippen LogP contribution in [0.3, 0.4) is 0 Å². The summed E-state index contributed by atoms with van der Waals surface area (Å²) in [4.78, 5) is 11.3. The minimum Gasteiger partial charge on any atom is -0.435 e. The van der Waals surface area contributed by atoms with E-state index in [1.807, 2.05) is 48.5 Å². The van der Waals surface area contributed by atoms with Gasteiger partial charge in [-0.2, -0.15) is 5.26 Å². The molecule has 0 aliphatic carbocycles. The highest BCUT2D eigenvalue weighted by molar-refractivity contribution is 5.64. The van der Waals surface area contributed by atoms with Crippen molar-refractivity contribution < 1.29 is 14.3 Å². The van der Waals surface area contributed by atoms with E-state index in [2.05, 4.69) is 4.74 Å². The average Bonchev–Trinajstić information content (AvgIpc) is 2.54. The van der Waals surface area contributed by atoms with Gasteiger partial charge in [0.05, 0.1) is 6.61 Å². The molecule has 0 saturated carbocycles. The first kappa shape index (κ1) is 14.6. The summed E-state index contributed by atoms with van der Waals surface area (Å²) >= 11 is 0. The molecule has 2 aromatic carbocycles. The summed E-state index contributed by atoms with van der Waals surface area (Å²) in [7, 11) is 0. The molecule has 0 aliphatic rings. The number of rotatable bonds is 4. The molecule has 0 spiro atoms. The first-order valence-electron chi connectivity index (χ1n) is 6.63. The maximum absolute atomic E-state index is 11.3. The van der Waals surface area contributed by atoms with E-state index < -0.39 is 12.3 Å². The molecule has 0 bridgehead atoms. The van der Waals surface area contributed by atoms with Crippen LogP contribution in [0.5, 0.6) is 0 Å². The van der Waals surface area contributed by atoms with Crippen LogP contribution in [0.1, 0.15) is 18.6 Å². The minimum atomic E-state index is -0.964. The summed E-state index contributed by atoms with van der Waals surface area (Å²) in [6, 6.07) is 19.2. The Bertz CT molecular complexity index is 629. The molecular formula is C17H15NO3. The summed E-state index contributed by atoms with van der Waals surface area (Å²) in [6.07, 6.45) is -1.80. The predicted octanol–water partition coefficient (Wildman–Crippen LogP) is 4.09. The van der Waals surface area contributed by atoms with Crippen LogP contribution in [0, 0.1) is 11.3 Å². The number of carbonyl (C=O) groups is 1. The number of ether oxygens (including phenoxy) is 2. The van der Waals surface area contributed by atoms with Gasteiger partial charge in [-0.25, -0.2) is 4.79 Å². The zero-order chi connectivity index (χ0) is 15.1. The van der Waals surface area contributed by atoms with Gasteiger partial charge in [-0.05, 0) is 18.1 Å². The Balaban J connectivity index is 2.14. The molecule has 1 unspecified atom stereocenters. The normalized spacial score (nSPS) is 11.2. The predicted molar refractivity (Wildman–Crippen MR) is 78.3 cm³/mol. The zero-order valence-electron chi connectivity index (χ0n) is 11.7. The molecule has 0 aromatic heterocycles. The Hall–Kier alpha value is -2.80. The molecule has 0 radical (unpaired) electrons. The second-order valence-electron chi connectivity index (χ2n) is 4.30. The highest BCUT2D eigenvalue weighted by Gasteiger charge is 2.16. The van der Waals surface area contributed by atoms with Crippen LogP contribution in [-0.4, -0.2) is 12.8 Å². The van der Waals surface area contributed by atoms with Gasteiger partial charge in [-0.3, -0.25) is 0 Å². The third kappa shape index (κ3) is 3.83. The Morgan fingerprint density at radius 2 is 1.71 bits per heavy atom. The number of benzene rings is 2. The molecule has 4 heteroatoms. The standard InChI is InChI=1S/C17H15NO3/c1-2-20-17(19)21-16(12-18)15-10-8-14(9-11-15)13-6-4-3-5-7-13/h3-11,16H,2H2,1H3. The van der Waals surface area contributed by atoms with Crippen LogP contribution in [0.25, 0.3) is 11.1 Å². The number of hydrogen-bond acceptors (Lipinski definition) is 4. The quantitative estimate of drug-likeness (QED) is 0.792. The van der Waals surface area contributed by atoms with Crippen molar-refractivity contribution in [1.82, 2.24) is 0 Å². The first-order chi connectivity index (χ1) is 10.2. The molecule has 0 N–H and O–H groups in total. The average molecular weight is 281 g/mol. The lowest BCUT2D eigenvalue weighted by Crippen LogP contribution is -2.11. The van der Waals surface area contributed by atoms with E-state index in [4.69, 9.17) is 10.00 Å². The van der Waals surface area contributed by atoms with Gasteiger partial charge < -0.3 is 9.47 Å². The maximum atomic E-state index is 11.3. The van der Waals surface area contributed by atoms with Crippen molar-refractivity contribution in [1.29, 1.82) is 5.26 Å². The molecule has 4 nitrogen and oxygen atoms in total. The Labute approximate surface area is 123 Å². The summed E-state index contributed by atoms with van der Waals surface area (Å²) in [5.41, 5.74) is 2.74. The maximum Gasteiger partial charge on any atom is 0.509 e. The van der Waals surface area contributed by atoms with Gasteiger partial charge in [0, 0.05) is 5.56 Å². The minimum absolute atomic E-state index is 0.212. The highest BCUT2D eigenvalue weighted by Crippen LogP contribution is 2.23. The largest absolute Gasteiger partial charge is 0.509 e. The van der Waals surface area contributed by atoms with E-state index in [9.17, 15) is 4.79 Å². The van der Waals surface area contributed by atoms with E-state index in [0.29, 0.717) is 5.56 Å². The molecule has 2 aromatic rings. The van der Waals surface area contributed by atoms with Crippen molar-refractivity contribution in [2.24, 2.45) is 0 Å². The lowest BCUT2D eigenvalue weighted by atomic mass is 10.0. The van der Waals surface area contributed by atoms with Crippen LogP contribution in [0.2, 0.25) is 0 Å². The van der Waals surface area contributed by atoms with Crippen molar-refractivity contribution in [3.63, 3.8) is 0 Å². The molecule has 0 fully saturated rings. The highest BCUT2D eigenvalue weighted by atomic mass is 16.7. The van der Waals surface area contributed by atoms with Gasteiger partial charge in [0.15, 0.2) is 0 Å². The second-order valence-corrected chi connectivity index (χ2v) is 4.30. The molecule has 2 rings (SSSR count). The van der Waals surface area contributed by atoms with Gasteiger partial charge in [0.2, 0.25) is 6.10 Å². The molecule has 21 heavy (non-hydrogen) atoms. The van der Waals surface area contributed by atoms with Gasteiger partial charge in [-0.15, -0.1) is 0 Å². The second kappa shape index (κ2) is 7.11. The third-order valence-electron chi connectivity index (χ3n) is 2.91. The Kier molecular flexibility index (Phi) is 4.94. The van der Waals surface area contributed by atoms with Crippen LogP contribution < -0.4 is 0 Å². The molecule has 0 saturated heterocycles. The molecule has 1 atom stereocenters. The van der Waals surface area contributed by atoms with Gasteiger partial charge in [-0.1, -0.05) is 54.6 Å². The van der Waals surface area contributed by atoms with E-state index in [1.165, 1.54) is 0 Å².